The summed E-state index contributed by atoms with van der Waals surface area (Å²) in [5, 5.41) is 6.69. The first-order chi connectivity index (χ1) is 8.51. The molecule has 4 heteroatoms. The molecule has 0 aromatic carbocycles. The quantitative estimate of drug-likeness (QED) is 0.736. The van der Waals surface area contributed by atoms with E-state index >= 15 is 0 Å². The Bertz CT molecular complexity index is 345. The van der Waals surface area contributed by atoms with Crippen LogP contribution in [0.3, 0.4) is 0 Å². The molecule has 3 nitrogen and oxygen atoms in total. The van der Waals surface area contributed by atoms with Gasteiger partial charge < -0.3 is 10.1 Å². The average Bonchev–Trinajstić information content (AvgIpc) is 2.83. The van der Waals surface area contributed by atoms with Crippen LogP contribution in [0.2, 0.25) is 0 Å². The monoisotopic (exact) mass is 270 g/mol. The predicted molar refractivity (Wildman–Crippen MR) is 78.2 cm³/mol. The van der Waals surface area contributed by atoms with Crippen molar-refractivity contribution in [2.45, 2.75) is 58.6 Å². The van der Waals surface area contributed by atoms with E-state index < -0.39 is 0 Å². The molecular weight excluding hydrogens is 244 g/mol. The molecular formula is C14H26N2OS. The lowest BCUT2D eigenvalue weighted by molar-refractivity contribution is -0.00166. The van der Waals surface area contributed by atoms with Gasteiger partial charge in [-0.3, -0.25) is 0 Å². The van der Waals surface area contributed by atoms with Crippen molar-refractivity contribution in [3.05, 3.63) is 16.1 Å². The first kappa shape index (κ1) is 15.6. The summed E-state index contributed by atoms with van der Waals surface area (Å²) in [6, 6.07) is 0.563. The van der Waals surface area contributed by atoms with Crippen LogP contribution in [0.4, 0.5) is 0 Å². The van der Waals surface area contributed by atoms with E-state index in [0.717, 1.165) is 30.8 Å². The lowest BCUT2D eigenvalue weighted by Gasteiger charge is -2.23. The summed E-state index contributed by atoms with van der Waals surface area (Å²) in [5.41, 5.74) is 0.969. The third-order valence-corrected chi connectivity index (χ3v) is 4.43. The zero-order chi connectivity index (χ0) is 13.6. The second-order valence-electron chi connectivity index (χ2n) is 5.14. The molecule has 0 saturated heterocycles. The molecule has 0 spiro atoms. The van der Waals surface area contributed by atoms with Gasteiger partial charge in [0.25, 0.3) is 0 Å². The minimum atomic E-state index is -0.223. The number of nitrogens with zero attached hydrogens (tertiary/aromatic N) is 1. The normalized spacial score (nSPS) is 15.0. The van der Waals surface area contributed by atoms with E-state index in [9.17, 15) is 0 Å². The van der Waals surface area contributed by atoms with Crippen LogP contribution in [0.25, 0.3) is 0 Å². The lowest BCUT2D eigenvalue weighted by Crippen LogP contribution is -2.24. The molecule has 1 atom stereocenters. The number of aryl methyl sites for hydroxylation is 1. The molecule has 0 radical (unpaired) electrons. The Morgan fingerprint density at radius 3 is 2.78 bits per heavy atom. The van der Waals surface area contributed by atoms with E-state index in [1.54, 1.807) is 18.4 Å². The van der Waals surface area contributed by atoms with Crippen LogP contribution in [0.5, 0.6) is 0 Å². The summed E-state index contributed by atoms with van der Waals surface area (Å²) in [6.45, 7) is 9.64. The second-order valence-corrected chi connectivity index (χ2v) is 6.00. The molecule has 0 aliphatic rings. The summed E-state index contributed by atoms with van der Waals surface area (Å²) in [5.74, 6) is 0. The minimum Gasteiger partial charge on any atom is -0.371 e. The molecule has 0 saturated carbocycles. The number of ether oxygens (including phenoxy) is 1. The summed E-state index contributed by atoms with van der Waals surface area (Å²) in [7, 11) is 1.76. The average molecular weight is 270 g/mol. The van der Waals surface area contributed by atoms with Crippen molar-refractivity contribution < 1.29 is 4.74 Å². The number of nitrogens with one attached hydrogen (secondary N) is 1. The summed E-state index contributed by atoms with van der Waals surface area (Å²) in [4.78, 5) is 4.71. The lowest BCUT2D eigenvalue weighted by atomic mass is 10.1. The third kappa shape index (κ3) is 4.34. The molecule has 1 aromatic heterocycles. The first-order valence-electron chi connectivity index (χ1n) is 6.75. The maximum Gasteiger partial charge on any atom is 0.125 e. The van der Waals surface area contributed by atoms with E-state index in [2.05, 4.69) is 38.4 Å². The van der Waals surface area contributed by atoms with Crippen molar-refractivity contribution in [3.63, 3.8) is 0 Å². The molecule has 0 bridgehead atoms. The van der Waals surface area contributed by atoms with Crippen molar-refractivity contribution >= 4 is 11.3 Å². The SMILES string of the molecule is CCC(C)(OC)c1nc(CCCNC(C)C)cs1. The molecule has 1 rings (SSSR count). The number of aromatic nitrogens is 1. The van der Waals surface area contributed by atoms with E-state index in [0.29, 0.717) is 6.04 Å². The molecule has 0 aliphatic carbocycles. The zero-order valence-electron chi connectivity index (χ0n) is 12.2. The van der Waals surface area contributed by atoms with Crippen LogP contribution in [0.15, 0.2) is 5.38 Å². The van der Waals surface area contributed by atoms with Crippen LogP contribution in [-0.2, 0) is 16.8 Å². The Morgan fingerprint density at radius 1 is 1.50 bits per heavy atom. The largest absolute Gasteiger partial charge is 0.371 e. The van der Waals surface area contributed by atoms with Crippen molar-refractivity contribution in [1.29, 1.82) is 0 Å². The Balaban J connectivity index is 2.48. The van der Waals surface area contributed by atoms with Gasteiger partial charge in [-0.2, -0.15) is 0 Å². The summed E-state index contributed by atoms with van der Waals surface area (Å²) >= 11 is 1.71. The first-order valence-corrected chi connectivity index (χ1v) is 7.63. The highest BCUT2D eigenvalue weighted by Crippen LogP contribution is 2.30. The van der Waals surface area contributed by atoms with Crippen molar-refractivity contribution in [2.75, 3.05) is 13.7 Å². The third-order valence-electron chi connectivity index (χ3n) is 3.29. The maximum atomic E-state index is 5.58. The maximum absolute atomic E-state index is 5.58. The van der Waals surface area contributed by atoms with E-state index in [1.165, 1.54) is 5.69 Å². The van der Waals surface area contributed by atoms with Crippen molar-refractivity contribution in [2.24, 2.45) is 0 Å². The molecule has 0 fully saturated rings. The highest BCUT2D eigenvalue weighted by molar-refractivity contribution is 7.09. The zero-order valence-corrected chi connectivity index (χ0v) is 13.1. The van der Waals surface area contributed by atoms with Gasteiger partial charge >= 0.3 is 0 Å². The van der Waals surface area contributed by atoms with Gasteiger partial charge in [0, 0.05) is 18.5 Å². The standard InChI is InChI=1S/C14H26N2OS/c1-6-14(4,17-5)13-16-12(10-18-13)8-7-9-15-11(2)3/h10-11,15H,6-9H2,1-5H3. The number of hydrogen-bond donors (Lipinski definition) is 1. The van der Waals surface area contributed by atoms with Gasteiger partial charge in [0.05, 0.1) is 5.69 Å². The smallest absolute Gasteiger partial charge is 0.125 e. The Morgan fingerprint density at radius 2 is 2.22 bits per heavy atom. The van der Waals surface area contributed by atoms with Crippen LogP contribution in [0, 0.1) is 0 Å². The predicted octanol–water partition coefficient (Wildman–Crippen LogP) is 3.35. The molecule has 1 unspecified atom stereocenters. The highest BCUT2D eigenvalue weighted by atomic mass is 32.1. The van der Waals surface area contributed by atoms with Gasteiger partial charge in [-0.25, -0.2) is 4.98 Å². The van der Waals surface area contributed by atoms with E-state index in [-0.39, 0.29) is 5.60 Å². The fraction of sp³-hybridized carbons (Fsp3) is 0.786. The Kier molecular flexibility index (Phi) is 6.26. The summed E-state index contributed by atoms with van der Waals surface area (Å²) in [6.07, 6.45) is 3.13. The van der Waals surface area contributed by atoms with Crippen LogP contribution < -0.4 is 5.32 Å². The Hall–Kier alpha value is -0.450. The van der Waals surface area contributed by atoms with Gasteiger partial charge in [-0.1, -0.05) is 20.8 Å². The van der Waals surface area contributed by atoms with Crippen LogP contribution >= 0.6 is 11.3 Å². The molecule has 104 valence electrons. The van der Waals surface area contributed by atoms with Crippen molar-refractivity contribution in [1.82, 2.24) is 10.3 Å². The number of hydrogen-bond acceptors (Lipinski definition) is 4. The topological polar surface area (TPSA) is 34.1 Å². The van der Waals surface area contributed by atoms with Crippen LogP contribution in [0.1, 0.15) is 51.2 Å². The van der Waals surface area contributed by atoms with Gasteiger partial charge in [-0.05, 0) is 32.7 Å². The highest BCUT2D eigenvalue weighted by Gasteiger charge is 2.27. The fourth-order valence-corrected chi connectivity index (χ4v) is 2.77. The number of methoxy groups -OCH3 is 1. The molecule has 0 aliphatic heterocycles. The number of thiazole rings is 1. The summed E-state index contributed by atoms with van der Waals surface area (Å²) < 4.78 is 5.58. The molecule has 0 amide bonds. The second kappa shape index (κ2) is 7.22. The van der Waals surface area contributed by atoms with E-state index in [4.69, 9.17) is 9.72 Å². The number of rotatable bonds is 8. The molecule has 1 aromatic rings. The van der Waals surface area contributed by atoms with Crippen LogP contribution in [-0.4, -0.2) is 24.7 Å². The molecule has 18 heavy (non-hydrogen) atoms. The molecule has 1 heterocycles. The van der Waals surface area contributed by atoms with E-state index in [1.807, 2.05) is 0 Å². The van der Waals surface area contributed by atoms with Gasteiger partial charge in [-0.15, -0.1) is 11.3 Å². The van der Waals surface area contributed by atoms with Gasteiger partial charge in [0.2, 0.25) is 0 Å². The minimum absolute atomic E-state index is 0.223. The van der Waals surface area contributed by atoms with Gasteiger partial charge in [0.15, 0.2) is 0 Å². The molecule has 1 N–H and O–H groups in total. The fourth-order valence-electron chi connectivity index (χ4n) is 1.71. The van der Waals surface area contributed by atoms with Crippen molar-refractivity contribution in [3.8, 4) is 0 Å². The van der Waals surface area contributed by atoms with Gasteiger partial charge in [0.1, 0.15) is 10.6 Å². The Labute approximate surface area is 115 Å².